The number of hydrogen-bond acceptors (Lipinski definition) is 5. The Kier molecular flexibility index (Phi) is 4.71. The van der Waals surface area contributed by atoms with Gasteiger partial charge in [0.1, 0.15) is 0 Å². The van der Waals surface area contributed by atoms with Gasteiger partial charge in [-0.05, 0) is 18.6 Å². The second-order valence-electron chi connectivity index (χ2n) is 4.34. The average Bonchev–Trinajstić information content (AvgIpc) is 2.88. The van der Waals surface area contributed by atoms with E-state index in [0.717, 1.165) is 0 Å². The fourth-order valence-corrected chi connectivity index (χ4v) is 3.80. The van der Waals surface area contributed by atoms with E-state index in [2.05, 4.69) is 9.71 Å². The third-order valence-corrected chi connectivity index (χ3v) is 5.31. The molecule has 1 aromatic carbocycles. The number of carboxylic acids is 1. The molecule has 0 unspecified atom stereocenters. The zero-order valence-electron chi connectivity index (χ0n) is 11.2. The van der Waals surface area contributed by atoms with Crippen LogP contribution in [0.4, 0.5) is 0 Å². The van der Waals surface area contributed by atoms with Crippen molar-refractivity contribution in [3.63, 3.8) is 0 Å². The molecule has 1 aromatic heterocycles. The van der Waals surface area contributed by atoms with Gasteiger partial charge in [0.15, 0.2) is 5.69 Å². The summed E-state index contributed by atoms with van der Waals surface area (Å²) in [7, 11) is -3.56. The molecule has 0 aliphatic heterocycles. The maximum Gasteiger partial charge on any atom is 0.355 e. The SMILES string of the molecule is Cc1ccccc1S(=O)(=O)NCCc1nc(C(=O)O)cs1. The monoisotopic (exact) mass is 326 g/mol. The third-order valence-electron chi connectivity index (χ3n) is 2.78. The normalized spacial score (nSPS) is 11.5. The number of carbonyl (C=O) groups is 1. The van der Waals surface area contributed by atoms with Gasteiger partial charge in [0.05, 0.1) is 9.90 Å². The molecule has 0 saturated heterocycles. The topological polar surface area (TPSA) is 96.4 Å². The van der Waals surface area contributed by atoms with Gasteiger partial charge in [-0.1, -0.05) is 18.2 Å². The summed E-state index contributed by atoms with van der Waals surface area (Å²) in [5, 5.41) is 10.8. The summed E-state index contributed by atoms with van der Waals surface area (Å²) in [6.45, 7) is 1.90. The van der Waals surface area contributed by atoms with E-state index in [4.69, 9.17) is 5.11 Å². The van der Waals surface area contributed by atoms with E-state index in [1.807, 2.05) is 0 Å². The minimum absolute atomic E-state index is 0.0169. The first-order valence-electron chi connectivity index (χ1n) is 6.13. The lowest BCUT2D eigenvalue weighted by molar-refractivity contribution is 0.0691. The second-order valence-corrected chi connectivity index (χ2v) is 7.02. The van der Waals surface area contributed by atoms with Crippen LogP contribution in [0.3, 0.4) is 0 Å². The molecule has 0 fully saturated rings. The van der Waals surface area contributed by atoms with Gasteiger partial charge in [-0.2, -0.15) is 0 Å². The second kappa shape index (κ2) is 6.33. The van der Waals surface area contributed by atoms with Crippen molar-refractivity contribution in [1.29, 1.82) is 0 Å². The van der Waals surface area contributed by atoms with Gasteiger partial charge >= 0.3 is 5.97 Å². The first kappa shape index (κ1) is 15.6. The van der Waals surface area contributed by atoms with E-state index in [-0.39, 0.29) is 17.1 Å². The van der Waals surface area contributed by atoms with Crippen LogP contribution in [0.5, 0.6) is 0 Å². The zero-order valence-corrected chi connectivity index (χ0v) is 12.9. The average molecular weight is 326 g/mol. The summed E-state index contributed by atoms with van der Waals surface area (Å²) < 4.78 is 26.8. The predicted octanol–water partition coefficient (Wildman–Crippen LogP) is 1.67. The first-order chi connectivity index (χ1) is 9.90. The number of aryl methyl sites for hydroxylation is 1. The first-order valence-corrected chi connectivity index (χ1v) is 8.49. The number of aromatic carboxylic acids is 1. The lowest BCUT2D eigenvalue weighted by atomic mass is 10.2. The number of rotatable bonds is 6. The molecule has 112 valence electrons. The van der Waals surface area contributed by atoms with E-state index in [1.165, 1.54) is 16.7 Å². The van der Waals surface area contributed by atoms with Crippen molar-refractivity contribution in [2.24, 2.45) is 0 Å². The van der Waals surface area contributed by atoms with Crippen LogP contribution < -0.4 is 4.72 Å². The molecule has 0 saturated carbocycles. The van der Waals surface area contributed by atoms with Crippen molar-refractivity contribution in [1.82, 2.24) is 9.71 Å². The molecular formula is C13H14N2O4S2. The van der Waals surface area contributed by atoms with Crippen LogP contribution in [0.2, 0.25) is 0 Å². The highest BCUT2D eigenvalue weighted by Crippen LogP contribution is 2.14. The van der Waals surface area contributed by atoms with Crippen LogP contribution in [-0.2, 0) is 16.4 Å². The molecule has 0 aliphatic carbocycles. The largest absolute Gasteiger partial charge is 0.476 e. The van der Waals surface area contributed by atoms with Gasteiger partial charge < -0.3 is 5.11 Å². The van der Waals surface area contributed by atoms with Crippen molar-refractivity contribution >= 4 is 27.3 Å². The molecule has 8 heteroatoms. The lowest BCUT2D eigenvalue weighted by Crippen LogP contribution is -2.26. The van der Waals surface area contributed by atoms with Gasteiger partial charge in [0.2, 0.25) is 10.0 Å². The standard InChI is InChI=1S/C13H14N2O4S2/c1-9-4-2-3-5-11(9)21(18,19)14-7-6-12-15-10(8-20-12)13(16)17/h2-5,8,14H,6-7H2,1H3,(H,16,17). The van der Waals surface area contributed by atoms with E-state index in [9.17, 15) is 13.2 Å². The molecular weight excluding hydrogens is 312 g/mol. The van der Waals surface area contributed by atoms with Crippen molar-refractivity contribution in [2.45, 2.75) is 18.2 Å². The summed E-state index contributed by atoms with van der Waals surface area (Å²) in [5.41, 5.74) is 0.657. The van der Waals surface area contributed by atoms with Crippen LogP contribution in [0.25, 0.3) is 0 Å². The summed E-state index contributed by atoms with van der Waals surface area (Å²) in [4.78, 5) is 14.9. The van der Waals surface area contributed by atoms with Crippen LogP contribution in [0.1, 0.15) is 21.1 Å². The number of carboxylic acid groups (broad SMARTS) is 1. The Bertz CT molecular complexity index is 753. The van der Waals surface area contributed by atoms with Gasteiger partial charge in [-0.25, -0.2) is 22.9 Å². The van der Waals surface area contributed by atoms with E-state index < -0.39 is 16.0 Å². The maximum atomic E-state index is 12.1. The van der Waals surface area contributed by atoms with E-state index in [1.54, 1.807) is 31.2 Å². The summed E-state index contributed by atoms with van der Waals surface area (Å²) >= 11 is 1.20. The molecule has 2 N–H and O–H groups in total. The van der Waals surface area contributed by atoms with Crippen LogP contribution in [0.15, 0.2) is 34.5 Å². The molecule has 0 spiro atoms. The fraction of sp³-hybridized carbons (Fsp3) is 0.231. The Morgan fingerprint density at radius 3 is 2.71 bits per heavy atom. The Hall–Kier alpha value is -1.77. The molecule has 0 atom stereocenters. The Labute approximate surface area is 126 Å². The number of nitrogens with zero attached hydrogens (tertiary/aromatic N) is 1. The Balaban J connectivity index is 1.99. The van der Waals surface area contributed by atoms with E-state index >= 15 is 0 Å². The number of benzene rings is 1. The van der Waals surface area contributed by atoms with Gasteiger partial charge in [0, 0.05) is 18.3 Å². The number of sulfonamides is 1. The van der Waals surface area contributed by atoms with Crippen molar-refractivity contribution in [3.8, 4) is 0 Å². The van der Waals surface area contributed by atoms with Gasteiger partial charge in [0.25, 0.3) is 0 Å². The molecule has 2 rings (SSSR count). The molecule has 0 radical (unpaired) electrons. The van der Waals surface area contributed by atoms with E-state index in [0.29, 0.717) is 17.0 Å². The molecule has 0 bridgehead atoms. The molecule has 0 amide bonds. The number of thiazole rings is 1. The molecule has 21 heavy (non-hydrogen) atoms. The predicted molar refractivity (Wildman–Crippen MR) is 79.1 cm³/mol. The summed E-state index contributed by atoms with van der Waals surface area (Å²) in [6.07, 6.45) is 0.350. The van der Waals surface area contributed by atoms with Crippen LogP contribution in [0, 0.1) is 6.92 Å². The Morgan fingerprint density at radius 1 is 1.38 bits per heavy atom. The minimum atomic E-state index is -3.56. The molecule has 0 aliphatic rings. The van der Waals surface area contributed by atoms with Crippen LogP contribution in [-0.4, -0.2) is 31.0 Å². The third kappa shape index (κ3) is 3.87. The number of nitrogens with one attached hydrogen (secondary N) is 1. The summed E-state index contributed by atoms with van der Waals surface area (Å²) in [6, 6.07) is 6.72. The lowest BCUT2D eigenvalue weighted by Gasteiger charge is -2.08. The van der Waals surface area contributed by atoms with Gasteiger partial charge in [-0.15, -0.1) is 11.3 Å². The number of hydrogen-bond donors (Lipinski definition) is 2. The highest BCUT2D eigenvalue weighted by molar-refractivity contribution is 7.89. The smallest absolute Gasteiger partial charge is 0.355 e. The minimum Gasteiger partial charge on any atom is -0.476 e. The molecule has 6 nitrogen and oxygen atoms in total. The zero-order chi connectivity index (χ0) is 15.5. The number of aromatic nitrogens is 1. The molecule has 2 aromatic rings. The quantitative estimate of drug-likeness (QED) is 0.842. The summed E-state index contributed by atoms with van der Waals surface area (Å²) in [5.74, 6) is -1.09. The molecule has 1 heterocycles. The highest BCUT2D eigenvalue weighted by Gasteiger charge is 2.16. The highest BCUT2D eigenvalue weighted by atomic mass is 32.2. The van der Waals surface area contributed by atoms with Crippen molar-refractivity contribution < 1.29 is 18.3 Å². The maximum absolute atomic E-state index is 12.1. The Morgan fingerprint density at radius 2 is 2.10 bits per heavy atom. The van der Waals surface area contributed by atoms with Gasteiger partial charge in [-0.3, -0.25) is 0 Å². The van der Waals surface area contributed by atoms with Crippen molar-refractivity contribution in [2.75, 3.05) is 6.54 Å². The fourth-order valence-electron chi connectivity index (χ4n) is 1.75. The van der Waals surface area contributed by atoms with Crippen LogP contribution >= 0.6 is 11.3 Å². The van der Waals surface area contributed by atoms with Crippen molar-refractivity contribution in [3.05, 3.63) is 45.9 Å².